The van der Waals surface area contributed by atoms with Crippen LogP contribution in [0, 0.1) is 13.8 Å². The summed E-state index contributed by atoms with van der Waals surface area (Å²) in [5.74, 6) is 0.328. The predicted octanol–water partition coefficient (Wildman–Crippen LogP) is 3.29. The highest BCUT2D eigenvalue weighted by Crippen LogP contribution is 2.32. The topological polar surface area (TPSA) is 63.2 Å². The van der Waals surface area contributed by atoms with Gasteiger partial charge in [-0.25, -0.2) is 8.42 Å². The van der Waals surface area contributed by atoms with Gasteiger partial charge in [0.2, 0.25) is 10.0 Å². The Kier molecular flexibility index (Phi) is 5.03. The minimum absolute atomic E-state index is 0.328. The molecular formula is C17H23N3O2S2. The molecule has 0 atom stereocenters. The zero-order valence-electron chi connectivity index (χ0n) is 14.3. The van der Waals surface area contributed by atoms with Gasteiger partial charge in [0.25, 0.3) is 0 Å². The Morgan fingerprint density at radius 1 is 1.17 bits per heavy atom. The normalized spacial score (nSPS) is 17.3. The molecule has 0 N–H and O–H groups in total. The summed E-state index contributed by atoms with van der Waals surface area (Å²) in [7, 11) is -3.41. The number of piperidine rings is 1. The van der Waals surface area contributed by atoms with Crippen molar-refractivity contribution in [3.05, 3.63) is 39.3 Å². The molecule has 2 heterocycles. The molecule has 0 radical (unpaired) electrons. The van der Waals surface area contributed by atoms with Crippen LogP contribution in [0.15, 0.2) is 23.1 Å². The average molecular weight is 366 g/mol. The fourth-order valence-electron chi connectivity index (χ4n) is 2.94. The van der Waals surface area contributed by atoms with Gasteiger partial charge < -0.3 is 0 Å². The van der Waals surface area contributed by atoms with E-state index in [2.05, 4.69) is 17.1 Å². The summed E-state index contributed by atoms with van der Waals surface area (Å²) in [6.45, 7) is 7.09. The van der Waals surface area contributed by atoms with Crippen LogP contribution in [0.2, 0.25) is 0 Å². The first-order valence-corrected chi connectivity index (χ1v) is 10.6. The first kappa shape index (κ1) is 17.5. The van der Waals surface area contributed by atoms with Gasteiger partial charge in [0.05, 0.1) is 4.90 Å². The molecule has 5 nitrogen and oxygen atoms in total. The maximum atomic E-state index is 12.8. The van der Waals surface area contributed by atoms with Crippen LogP contribution < -0.4 is 0 Å². The second-order valence-electron chi connectivity index (χ2n) is 6.31. The summed E-state index contributed by atoms with van der Waals surface area (Å²) in [5, 5.41) is 10.6. The summed E-state index contributed by atoms with van der Waals surface area (Å²) >= 11 is 1.66. The van der Waals surface area contributed by atoms with Crippen molar-refractivity contribution in [2.75, 3.05) is 13.1 Å². The molecule has 130 valence electrons. The largest absolute Gasteiger partial charge is 0.243 e. The number of hydrogen-bond acceptors (Lipinski definition) is 5. The molecule has 0 spiro atoms. The minimum atomic E-state index is -3.41. The van der Waals surface area contributed by atoms with Crippen molar-refractivity contribution >= 4 is 21.4 Å². The molecule has 1 fully saturated rings. The Hall–Kier alpha value is -1.31. The van der Waals surface area contributed by atoms with E-state index in [0.29, 0.717) is 23.9 Å². The molecule has 0 unspecified atom stereocenters. The monoisotopic (exact) mass is 365 g/mol. The SMILES string of the molecule is CCc1nnc(C2CCN(S(=O)(=O)c3ccc(C)c(C)c3)CC2)s1. The average Bonchev–Trinajstić information content (AvgIpc) is 3.06. The van der Waals surface area contributed by atoms with E-state index in [1.807, 2.05) is 19.9 Å². The molecule has 24 heavy (non-hydrogen) atoms. The third kappa shape index (κ3) is 3.38. The van der Waals surface area contributed by atoms with Gasteiger partial charge in [-0.3, -0.25) is 0 Å². The van der Waals surface area contributed by atoms with Crippen LogP contribution in [0.25, 0.3) is 0 Å². The van der Waals surface area contributed by atoms with E-state index in [1.165, 1.54) is 0 Å². The Bertz CT molecular complexity index is 822. The van der Waals surface area contributed by atoms with E-state index < -0.39 is 10.0 Å². The van der Waals surface area contributed by atoms with Gasteiger partial charge in [-0.15, -0.1) is 21.5 Å². The van der Waals surface area contributed by atoms with E-state index >= 15 is 0 Å². The first-order chi connectivity index (χ1) is 11.4. The van der Waals surface area contributed by atoms with Gasteiger partial charge in [0, 0.05) is 19.0 Å². The van der Waals surface area contributed by atoms with E-state index in [4.69, 9.17) is 0 Å². The quantitative estimate of drug-likeness (QED) is 0.834. The molecule has 1 saturated heterocycles. The smallest absolute Gasteiger partial charge is 0.207 e. The van der Waals surface area contributed by atoms with Gasteiger partial charge in [-0.05, 0) is 56.4 Å². The summed E-state index contributed by atoms with van der Waals surface area (Å²) in [6.07, 6.45) is 2.52. The Balaban J connectivity index is 1.72. The molecule has 0 bridgehead atoms. The van der Waals surface area contributed by atoms with Gasteiger partial charge in [-0.1, -0.05) is 13.0 Å². The molecular weight excluding hydrogens is 342 g/mol. The Morgan fingerprint density at radius 2 is 1.88 bits per heavy atom. The van der Waals surface area contributed by atoms with Crippen molar-refractivity contribution in [2.45, 2.75) is 50.8 Å². The van der Waals surface area contributed by atoms with Crippen molar-refractivity contribution in [2.24, 2.45) is 0 Å². The highest BCUT2D eigenvalue weighted by atomic mass is 32.2. The van der Waals surface area contributed by atoms with Gasteiger partial charge in [-0.2, -0.15) is 4.31 Å². The second-order valence-corrected chi connectivity index (χ2v) is 9.34. The molecule has 0 aliphatic carbocycles. The lowest BCUT2D eigenvalue weighted by Gasteiger charge is -2.30. The van der Waals surface area contributed by atoms with Gasteiger partial charge >= 0.3 is 0 Å². The van der Waals surface area contributed by atoms with Crippen molar-refractivity contribution in [1.29, 1.82) is 0 Å². The van der Waals surface area contributed by atoms with Crippen LogP contribution in [0.1, 0.15) is 46.8 Å². The lowest BCUT2D eigenvalue weighted by Crippen LogP contribution is -2.37. The minimum Gasteiger partial charge on any atom is -0.207 e. The van der Waals surface area contributed by atoms with Crippen LogP contribution in [0.5, 0.6) is 0 Å². The number of nitrogens with zero attached hydrogens (tertiary/aromatic N) is 3. The zero-order chi connectivity index (χ0) is 17.3. The number of aromatic nitrogens is 2. The molecule has 0 amide bonds. The van der Waals surface area contributed by atoms with Crippen molar-refractivity contribution in [1.82, 2.24) is 14.5 Å². The van der Waals surface area contributed by atoms with E-state index in [0.717, 1.165) is 40.4 Å². The van der Waals surface area contributed by atoms with Crippen LogP contribution in [0.4, 0.5) is 0 Å². The number of hydrogen-bond donors (Lipinski definition) is 0. The van der Waals surface area contributed by atoms with Gasteiger partial charge in [0.15, 0.2) is 0 Å². The fourth-order valence-corrected chi connectivity index (χ4v) is 5.45. The van der Waals surface area contributed by atoms with E-state index in [1.54, 1.807) is 27.8 Å². The van der Waals surface area contributed by atoms with Crippen LogP contribution in [0.3, 0.4) is 0 Å². The fraction of sp³-hybridized carbons (Fsp3) is 0.529. The van der Waals surface area contributed by atoms with Crippen molar-refractivity contribution < 1.29 is 8.42 Å². The molecule has 1 aromatic carbocycles. The second kappa shape index (κ2) is 6.90. The number of rotatable bonds is 4. The third-order valence-corrected chi connectivity index (χ3v) is 7.83. The molecule has 7 heteroatoms. The number of sulfonamides is 1. The summed E-state index contributed by atoms with van der Waals surface area (Å²) in [4.78, 5) is 0.397. The Morgan fingerprint density at radius 3 is 2.46 bits per heavy atom. The van der Waals surface area contributed by atoms with Crippen molar-refractivity contribution in [3.63, 3.8) is 0 Å². The standard InChI is InChI=1S/C17H23N3O2S2/c1-4-16-18-19-17(23-16)14-7-9-20(10-8-14)24(21,22)15-6-5-12(2)13(3)11-15/h5-6,11,14H,4,7-10H2,1-3H3. The highest BCUT2D eigenvalue weighted by molar-refractivity contribution is 7.89. The molecule has 1 aliphatic rings. The molecule has 2 aromatic rings. The number of benzene rings is 1. The molecule has 1 aliphatic heterocycles. The maximum Gasteiger partial charge on any atom is 0.243 e. The summed E-state index contributed by atoms with van der Waals surface area (Å²) in [5.41, 5.74) is 2.11. The highest BCUT2D eigenvalue weighted by Gasteiger charge is 2.31. The first-order valence-electron chi connectivity index (χ1n) is 8.31. The van der Waals surface area contributed by atoms with Crippen LogP contribution in [-0.2, 0) is 16.4 Å². The zero-order valence-corrected chi connectivity index (χ0v) is 16.0. The maximum absolute atomic E-state index is 12.8. The number of aryl methyl sites for hydroxylation is 3. The van der Waals surface area contributed by atoms with E-state index in [9.17, 15) is 8.42 Å². The predicted molar refractivity (Wildman–Crippen MR) is 95.9 cm³/mol. The summed E-state index contributed by atoms with van der Waals surface area (Å²) < 4.78 is 27.3. The molecule has 0 saturated carbocycles. The Labute approximate surface area is 147 Å². The molecule has 3 rings (SSSR count). The molecule has 1 aromatic heterocycles. The lowest BCUT2D eigenvalue weighted by molar-refractivity contribution is 0.318. The van der Waals surface area contributed by atoms with Crippen LogP contribution >= 0.6 is 11.3 Å². The van der Waals surface area contributed by atoms with Gasteiger partial charge in [0.1, 0.15) is 10.0 Å². The van der Waals surface area contributed by atoms with Crippen molar-refractivity contribution in [3.8, 4) is 0 Å². The third-order valence-electron chi connectivity index (χ3n) is 4.70. The lowest BCUT2D eigenvalue weighted by atomic mass is 9.99. The van der Waals surface area contributed by atoms with E-state index in [-0.39, 0.29) is 0 Å². The summed E-state index contributed by atoms with van der Waals surface area (Å²) in [6, 6.07) is 5.36. The van der Waals surface area contributed by atoms with Crippen LogP contribution in [-0.4, -0.2) is 36.0 Å².